The van der Waals surface area contributed by atoms with Crippen molar-refractivity contribution in [2.75, 3.05) is 0 Å². The molecule has 0 radical (unpaired) electrons. The van der Waals surface area contributed by atoms with Crippen LogP contribution in [0, 0.1) is 0 Å². The molecule has 0 aromatic carbocycles. The quantitative estimate of drug-likeness (QED) is 0.909. The fraction of sp³-hybridized carbons (Fsp3) is 0.100. The summed E-state index contributed by atoms with van der Waals surface area (Å²) in [6.07, 6.45) is 1.45. The molecule has 2 heterocycles. The van der Waals surface area contributed by atoms with Crippen LogP contribution < -0.4 is 5.73 Å². The number of halogens is 2. The molecule has 0 spiro atoms. The Morgan fingerprint density at radius 3 is 2.83 bits per heavy atom. The maximum atomic E-state index is 10.7. The lowest BCUT2D eigenvalue weighted by Crippen LogP contribution is -2.20. The molecule has 0 bridgehead atoms. The summed E-state index contributed by atoms with van der Waals surface area (Å²) in [5, 5.41) is 11.6. The summed E-state index contributed by atoms with van der Waals surface area (Å²) in [6, 6.07) is 0.393. The Labute approximate surface area is 116 Å². The number of hydrogen-bond donors (Lipinski definition) is 2. The Balaban J connectivity index is 2.38. The first-order chi connectivity index (χ1) is 8.49. The van der Waals surface area contributed by atoms with Gasteiger partial charge in [-0.3, -0.25) is 9.78 Å². The van der Waals surface area contributed by atoms with E-state index in [4.69, 9.17) is 34.0 Å². The van der Waals surface area contributed by atoms with E-state index < -0.39 is 12.0 Å². The molecule has 0 aliphatic heterocycles. The van der Waals surface area contributed by atoms with Gasteiger partial charge in [0, 0.05) is 11.6 Å². The second-order valence-electron chi connectivity index (χ2n) is 3.38. The van der Waals surface area contributed by atoms with E-state index in [0.29, 0.717) is 20.7 Å². The van der Waals surface area contributed by atoms with Crippen molar-refractivity contribution < 1.29 is 9.90 Å². The van der Waals surface area contributed by atoms with E-state index >= 15 is 0 Å². The molecule has 2 aromatic rings. The summed E-state index contributed by atoms with van der Waals surface area (Å²) in [4.78, 5) is 18.9. The predicted octanol–water partition coefficient (Wildman–Crippen LogP) is 2.60. The van der Waals surface area contributed by atoms with E-state index in [1.807, 2.05) is 0 Å². The number of thiazole rings is 1. The monoisotopic (exact) mass is 303 g/mol. The lowest BCUT2D eigenvalue weighted by molar-refractivity contribution is -0.138. The molecule has 0 aliphatic rings. The number of nitrogens with two attached hydrogens (primary N) is 1. The van der Waals surface area contributed by atoms with E-state index in [-0.39, 0.29) is 5.69 Å². The molecule has 1 atom stereocenters. The van der Waals surface area contributed by atoms with E-state index in [2.05, 4.69) is 9.97 Å². The van der Waals surface area contributed by atoms with Crippen molar-refractivity contribution in [3.63, 3.8) is 0 Å². The number of carboxylic acid groups (broad SMARTS) is 1. The molecule has 18 heavy (non-hydrogen) atoms. The van der Waals surface area contributed by atoms with Crippen molar-refractivity contribution in [2.24, 2.45) is 5.73 Å². The predicted molar refractivity (Wildman–Crippen MR) is 69.9 cm³/mol. The van der Waals surface area contributed by atoms with Crippen LogP contribution in [0.4, 0.5) is 0 Å². The normalized spacial score (nSPS) is 12.4. The van der Waals surface area contributed by atoms with Crippen LogP contribution in [0.15, 0.2) is 17.6 Å². The van der Waals surface area contributed by atoms with Gasteiger partial charge in [0.15, 0.2) is 0 Å². The van der Waals surface area contributed by atoms with Gasteiger partial charge in [-0.25, -0.2) is 4.98 Å². The first kappa shape index (κ1) is 13.2. The number of rotatable bonds is 3. The summed E-state index contributed by atoms with van der Waals surface area (Å²) in [5.41, 5.74) is 6.19. The maximum absolute atomic E-state index is 10.7. The summed E-state index contributed by atoms with van der Waals surface area (Å²) in [7, 11) is 0. The minimum absolute atomic E-state index is 0.273. The average molecular weight is 304 g/mol. The number of carbonyl (C=O) groups is 1. The molecule has 0 amide bonds. The lowest BCUT2D eigenvalue weighted by Gasteiger charge is -2.01. The number of pyridine rings is 1. The van der Waals surface area contributed by atoms with Crippen LogP contribution in [0.25, 0.3) is 10.7 Å². The third-order valence-electron chi connectivity index (χ3n) is 2.12. The van der Waals surface area contributed by atoms with Crippen LogP contribution in [-0.4, -0.2) is 21.0 Å². The third-order valence-corrected chi connectivity index (χ3v) is 3.48. The number of carboxylic acids is 1. The van der Waals surface area contributed by atoms with Gasteiger partial charge in [0.05, 0.1) is 15.7 Å². The van der Waals surface area contributed by atoms with Crippen LogP contribution in [0.2, 0.25) is 10.0 Å². The molecular weight excluding hydrogens is 297 g/mol. The number of aliphatic carboxylic acids is 1. The van der Waals surface area contributed by atoms with Gasteiger partial charge in [-0.2, -0.15) is 0 Å². The first-order valence-electron chi connectivity index (χ1n) is 4.74. The highest BCUT2D eigenvalue weighted by Crippen LogP contribution is 2.31. The number of aromatic nitrogens is 2. The highest BCUT2D eigenvalue weighted by molar-refractivity contribution is 7.13. The average Bonchev–Trinajstić information content (AvgIpc) is 2.77. The number of nitrogens with zero attached hydrogens (tertiary/aromatic N) is 2. The first-order valence-corrected chi connectivity index (χ1v) is 6.38. The van der Waals surface area contributed by atoms with Crippen molar-refractivity contribution in [2.45, 2.75) is 6.04 Å². The molecule has 5 nitrogen and oxygen atoms in total. The van der Waals surface area contributed by atoms with Crippen molar-refractivity contribution in [1.82, 2.24) is 9.97 Å². The molecule has 94 valence electrons. The SMILES string of the molecule is NC(C(=O)O)c1csc(-c2ncc(Cl)cc2Cl)n1. The van der Waals surface area contributed by atoms with Gasteiger partial charge in [0.25, 0.3) is 0 Å². The minimum atomic E-state index is -1.15. The Morgan fingerprint density at radius 2 is 2.22 bits per heavy atom. The second-order valence-corrected chi connectivity index (χ2v) is 5.08. The van der Waals surface area contributed by atoms with Gasteiger partial charge >= 0.3 is 5.97 Å². The third kappa shape index (κ3) is 2.62. The van der Waals surface area contributed by atoms with Crippen LogP contribution in [0.3, 0.4) is 0 Å². The molecule has 2 aromatic heterocycles. The zero-order valence-electron chi connectivity index (χ0n) is 8.80. The van der Waals surface area contributed by atoms with Gasteiger partial charge in [-0.15, -0.1) is 11.3 Å². The molecule has 0 saturated heterocycles. The topological polar surface area (TPSA) is 89.1 Å². The molecule has 2 rings (SSSR count). The molecular formula is C10H7Cl2N3O2S. The Kier molecular flexibility index (Phi) is 3.82. The largest absolute Gasteiger partial charge is 0.480 e. The van der Waals surface area contributed by atoms with Gasteiger partial charge in [-0.05, 0) is 6.07 Å². The van der Waals surface area contributed by atoms with Crippen LogP contribution in [-0.2, 0) is 4.79 Å². The number of hydrogen-bond acceptors (Lipinski definition) is 5. The standard InChI is InChI=1S/C10H7Cl2N3O2S/c11-4-1-5(12)8(14-2-4)9-15-6(3-18-9)7(13)10(16)17/h1-3,7H,13H2,(H,16,17). The summed E-state index contributed by atoms with van der Waals surface area (Å²) >= 11 is 13.0. The van der Waals surface area contributed by atoms with Crippen LogP contribution in [0.1, 0.15) is 11.7 Å². The van der Waals surface area contributed by atoms with Gasteiger partial charge in [-0.1, -0.05) is 23.2 Å². The zero-order chi connectivity index (χ0) is 13.3. The summed E-state index contributed by atoms with van der Waals surface area (Å²) in [6.45, 7) is 0. The summed E-state index contributed by atoms with van der Waals surface area (Å²) in [5.74, 6) is -1.14. The Bertz CT molecular complexity index is 603. The van der Waals surface area contributed by atoms with Crippen LogP contribution in [0.5, 0.6) is 0 Å². The highest BCUT2D eigenvalue weighted by Gasteiger charge is 2.19. The minimum Gasteiger partial charge on any atom is -0.480 e. The van der Waals surface area contributed by atoms with Crippen molar-refractivity contribution in [3.8, 4) is 10.7 Å². The Morgan fingerprint density at radius 1 is 1.50 bits per heavy atom. The van der Waals surface area contributed by atoms with E-state index in [1.165, 1.54) is 17.5 Å². The fourth-order valence-electron chi connectivity index (χ4n) is 1.24. The zero-order valence-corrected chi connectivity index (χ0v) is 11.1. The van der Waals surface area contributed by atoms with Gasteiger partial charge in [0.2, 0.25) is 0 Å². The highest BCUT2D eigenvalue weighted by atomic mass is 35.5. The maximum Gasteiger partial charge on any atom is 0.326 e. The van der Waals surface area contributed by atoms with Gasteiger partial charge < -0.3 is 10.8 Å². The molecule has 8 heteroatoms. The second kappa shape index (κ2) is 5.19. The van der Waals surface area contributed by atoms with Crippen LogP contribution >= 0.6 is 34.5 Å². The Hall–Kier alpha value is -1.21. The van der Waals surface area contributed by atoms with E-state index in [1.54, 1.807) is 11.4 Å². The smallest absolute Gasteiger partial charge is 0.326 e. The molecule has 3 N–H and O–H groups in total. The lowest BCUT2D eigenvalue weighted by atomic mass is 10.2. The molecule has 0 aliphatic carbocycles. The molecule has 1 unspecified atom stereocenters. The van der Waals surface area contributed by atoms with Crippen molar-refractivity contribution in [1.29, 1.82) is 0 Å². The van der Waals surface area contributed by atoms with E-state index in [0.717, 1.165) is 0 Å². The fourth-order valence-corrected chi connectivity index (χ4v) is 2.63. The van der Waals surface area contributed by atoms with Crippen molar-refractivity contribution in [3.05, 3.63) is 33.4 Å². The molecule has 0 fully saturated rings. The molecule has 0 saturated carbocycles. The summed E-state index contributed by atoms with van der Waals surface area (Å²) < 4.78 is 0. The van der Waals surface area contributed by atoms with E-state index in [9.17, 15) is 4.79 Å². The van der Waals surface area contributed by atoms with Crippen molar-refractivity contribution >= 4 is 40.5 Å². The van der Waals surface area contributed by atoms with Gasteiger partial charge in [0.1, 0.15) is 16.7 Å².